The minimum atomic E-state index is -5.22. The number of nitrogens with zero attached hydrogens (tertiary/aromatic N) is 6. The van der Waals surface area contributed by atoms with E-state index in [0.29, 0.717) is 6.42 Å². The third-order valence-electron chi connectivity index (χ3n) is 6.82. The van der Waals surface area contributed by atoms with Crippen LogP contribution < -0.4 is 10.2 Å². The molecule has 2 N–H and O–H groups in total. The van der Waals surface area contributed by atoms with Gasteiger partial charge in [0, 0.05) is 32.7 Å². The first-order valence-electron chi connectivity index (χ1n) is 12.3. The van der Waals surface area contributed by atoms with Crippen LogP contribution in [0.1, 0.15) is 11.1 Å². The molecule has 4 aromatic rings. The molecule has 0 spiro atoms. The number of rotatable bonds is 6. The average molecular weight is 598 g/mol. The number of phenols is 1. The number of hydrogen-bond acceptors (Lipinski definition) is 8. The number of fused-ring (bicyclic) bond motifs is 1. The molecule has 16 heteroatoms. The summed E-state index contributed by atoms with van der Waals surface area (Å²) in [5.74, 6) is -5.34. The Balaban J connectivity index is 1.60. The van der Waals surface area contributed by atoms with Crippen molar-refractivity contribution in [2.45, 2.75) is 18.6 Å². The first-order valence-corrected chi connectivity index (χ1v) is 14.1. The van der Waals surface area contributed by atoms with Crippen molar-refractivity contribution >= 4 is 32.8 Å². The molecule has 0 unspecified atom stereocenters. The highest BCUT2D eigenvalue weighted by Gasteiger charge is 2.38. The molecular weight excluding hydrogens is 573 g/mol. The Morgan fingerprint density at radius 2 is 1.83 bits per heavy atom. The zero-order chi connectivity index (χ0) is 29.7. The Hall–Kier alpha value is -4.05. The molecule has 3 heterocycles. The predicted molar refractivity (Wildman–Crippen MR) is 140 cm³/mol. The highest BCUT2D eigenvalue weighted by atomic mass is 32.2. The van der Waals surface area contributed by atoms with Crippen molar-refractivity contribution in [3.8, 4) is 11.4 Å². The first kappa shape index (κ1) is 28.5. The fraction of sp³-hybridized carbons (Fsp3) is 0.320. The second-order valence-electron chi connectivity index (χ2n) is 9.49. The monoisotopic (exact) mass is 597 g/mol. The molecule has 0 amide bonds. The molecule has 1 aliphatic rings. The molecule has 10 nitrogen and oxygen atoms in total. The summed E-state index contributed by atoms with van der Waals surface area (Å²) < 4.78 is 95.9. The Bertz CT molecular complexity index is 1710. The van der Waals surface area contributed by atoms with Gasteiger partial charge in [0.2, 0.25) is 16.0 Å². The highest BCUT2D eigenvalue weighted by molar-refractivity contribution is 7.88. The number of halogens is 5. The third kappa shape index (κ3) is 5.36. The summed E-state index contributed by atoms with van der Waals surface area (Å²) >= 11 is 0. The number of nitrogens with one attached hydrogen (secondary N) is 1. The lowest BCUT2D eigenvalue weighted by atomic mass is 10.0. The van der Waals surface area contributed by atoms with E-state index in [1.165, 1.54) is 17.5 Å². The molecule has 0 saturated carbocycles. The maximum absolute atomic E-state index is 14.9. The number of aromatic nitrogens is 4. The van der Waals surface area contributed by atoms with Crippen molar-refractivity contribution in [2.24, 2.45) is 0 Å². The van der Waals surface area contributed by atoms with Gasteiger partial charge < -0.3 is 15.3 Å². The van der Waals surface area contributed by atoms with E-state index in [9.17, 15) is 35.5 Å². The van der Waals surface area contributed by atoms with Crippen LogP contribution in [0, 0.1) is 11.6 Å². The van der Waals surface area contributed by atoms with E-state index in [1.807, 2.05) is 35.2 Å². The van der Waals surface area contributed by atoms with Crippen molar-refractivity contribution in [3.63, 3.8) is 0 Å². The zero-order valence-corrected chi connectivity index (χ0v) is 22.5. The molecule has 2 aromatic carbocycles. The number of piperazine rings is 1. The number of aromatic hydroxyl groups is 1. The topological polar surface area (TPSA) is 116 Å². The lowest BCUT2D eigenvalue weighted by molar-refractivity contribution is -0.140. The first-order chi connectivity index (χ1) is 19.3. The van der Waals surface area contributed by atoms with Crippen LogP contribution >= 0.6 is 0 Å². The van der Waals surface area contributed by atoms with Crippen molar-refractivity contribution in [1.29, 1.82) is 0 Å². The van der Waals surface area contributed by atoms with E-state index in [2.05, 4.69) is 20.4 Å². The van der Waals surface area contributed by atoms with Crippen LogP contribution in [0.4, 0.5) is 33.7 Å². The van der Waals surface area contributed by atoms with E-state index in [0.717, 1.165) is 16.5 Å². The highest BCUT2D eigenvalue weighted by Crippen LogP contribution is 2.39. The van der Waals surface area contributed by atoms with E-state index >= 15 is 0 Å². The van der Waals surface area contributed by atoms with Gasteiger partial charge in [-0.3, -0.25) is 0 Å². The van der Waals surface area contributed by atoms with Crippen LogP contribution in [-0.2, 0) is 22.6 Å². The maximum Gasteiger partial charge on any atom is 0.419 e. The lowest BCUT2D eigenvalue weighted by Gasteiger charge is -2.40. The lowest BCUT2D eigenvalue weighted by Crippen LogP contribution is -2.56. The van der Waals surface area contributed by atoms with E-state index in [-0.39, 0.29) is 54.5 Å². The fourth-order valence-electron chi connectivity index (χ4n) is 4.81. The molecule has 218 valence electrons. The molecule has 5 rings (SSSR count). The van der Waals surface area contributed by atoms with Crippen LogP contribution in [0.2, 0.25) is 0 Å². The third-order valence-corrected chi connectivity index (χ3v) is 8.09. The minimum absolute atomic E-state index is 0.0227. The average Bonchev–Trinajstić information content (AvgIpc) is 3.29. The Kier molecular flexibility index (Phi) is 7.23. The standard InChI is InChI=1S/C25H24F5N7O3S/c1-31-23-21-18(37(34-23)17-11-16(25(28,29)30)19(26)22(38)20(17)27)12-32-24(33-21)36-9-8-35(41(2,39)40)13-15(36)10-14-6-4-3-5-7-14/h3-7,11-12,15,38H,8-10,13H2,1-2H3,(H,31,34)/t15-/m1/s1. The van der Waals surface area contributed by atoms with Crippen LogP contribution in [0.3, 0.4) is 0 Å². The molecule has 1 saturated heterocycles. The van der Waals surface area contributed by atoms with Gasteiger partial charge in [-0.15, -0.1) is 5.10 Å². The quantitative estimate of drug-likeness (QED) is 0.325. The largest absolute Gasteiger partial charge is 0.503 e. The van der Waals surface area contributed by atoms with Crippen LogP contribution in [0.25, 0.3) is 16.7 Å². The van der Waals surface area contributed by atoms with Crippen LogP contribution in [-0.4, -0.2) is 76.6 Å². The summed E-state index contributed by atoms with van der Waals surface area (Å²) in [6.07, 6.45) is -2.40. The zero-order valence-electron chi connectivity index (χ0n) is 21.7. The maximum atomic E-state index is 14.9. The summed E-state index contributed by atoms with van der Waals surface area (Å²) in [6, 6.07) is 9.25. The second-order valence-corrected chi connectivity index (χ2v) is 11.5. The number of anilines is 2. The molecule has 1 fully saturated rings. The van der Waals surface area contributed by atoms with E-state index < -0.39 is 44.8 Å². The van der Waals surface area contributed by atoms with Crippen molar-refractivity contribution in [2.75, 3.05) is 43.2 Å². The van der Waals surface area contributed by atoms with Gasteiger partial charge in [-0.05, 0) is 18.1 Å². The molecule has 0 aliphatic carbocycles. The van der Waals surface area contributed by atoms with E-state index in [4.69, 9.17) is 0 Å². The number of phenolic OH excluding ortho intramolecular Hbond substituents is 1. The summed E-state index contributed by atoms with van der Waals surface area (Å²) in [5, 5.41) is 16.6. The molecule has 2 aromatic heterocycles. The summed E-state index contributed by atoms with van der Waals surface area (Å²) in [4.78, 5) is 10.7. The number of alkyl halides is 3. The fourth-order valence-corrected chi connectivity index (χ4v) is 5.66. The normalized spacial score (nSPS) is 16.9. The van der Waals surface area contributed by atoms with Gasteiger partial charge in [0.15, 0.2) is 23.2 Å². The predicted octanol–water partition coefficient (Wildman–Crippen LogP) is 3.55. The number of benzene rings is 2. The number of sulfonamides is 1. The van der Waals surface area contributed by atoms with Gasteiger partial charge in [-0.1, -0.05) is 30.3 Å². The van der Waals surface area contributed by atoms with Crippen molar-refractivity contribution in [1.82, 2.24) is 24.1 Å². The van der Waals surface area contributed by atoms with Gasteiger partial charge in [0.1, 0.15) is 16.7 Å². The minimum Gasteiger partial charge on any atom is -0.503 e. The van der Waals surface area contributed by atoms with Crippen molar-refractivity contribution in [3.05, 3.63) is 65.4 Å². The van der Waals surface area contributed by atoms with Gasteiger partial charge in [0.05, 0.1) is 18.0 Å². The van der Waals surface area contributed by atoms with Gasteiger partial charge in [0.25, 0.3) is 0 Å². The molecule has 1 aliphatic heterocycles. The smallest absolute Gasteiger partial charge is 0.419 e. The van der Waals surface area contributed by atoms with Gasteiger partial charge in [-0.25, -0.2) is 31.8 Å². The Labute approximate surface area is 231 Å². The Morgan fingerprint density at radius 1 is 1.12 bits per heavy atom. The molecule has 41 heavy (non-hydrogen) atoms. The summed E-state index contributed by atoms with van der Waals surface area (Å²) in [5.41, 5.74) is -1.69. The number of hydrogen-bond donors (Lipinski definition) is 2. The van der Waals surface area contributed by atoms with Gasteiger partial charge in [-0.2, -0.15) is 17.5 Å². The second kappa shape index (κ2) is 10.4. The van der Waals surface area contributed by atoms with Crippen LogP contribution in [0.15, 0.2) is 42.6 Å². The van der Waals surface area contributed by atoms with Crippen LogP contribution in [0.5, 0.6) is 5.75 Å². The Morgan fingerprint density at radius 3 is 2.46 bits per heavy atom. The molecule has 0 radical (unpaired) electrons. The molecular formula is C25H24F5N7O3S. The summed E-state index contributed by atoms with van der Waals surface area (Å²) in [6.45, 7) is 0.575. The van der Waals surface area contributed by atoms with Crippen molar-refractivity contribution < 1.29 is 35.5 Å². The molecule has 0 bridgehead atoms. The van der Waals surface area contributed by atoms with E-state index in [1.54, 1.807) is 0 Å². The molecule has 1 atom stereocenters. The SMILES string of the molecule is CNc1nn(-c2cc(C(F)(F)F)c(F)c(O)c2F)c2cnc(N3CCN(S(C)(=O)=O)C[C@H]3Cc3ccccc3)nc12. The summed E-state index contributed by atoms with van der Waals surface area (Å²) in [7, 11) is -2.01. The van der Waals surface area contributed by atoms with Gasteiger partial charge >= 0.3 is 6.18 Å².